The molecule has 4 rings (SSSR count). The average Bonchev–Trinajstić information content (AvgIpc) is 3.40. The summed E-state index contributed by atoms with van der Waals surface area (Å²) in [4.78, 5) is 33.5. The fraction of sp³-hybridized carbons (Fsp3) is 0.211. The van der Waals surface area contributed by atoms with Gasteiger partial charge in [0.15, 0.2) is 5.76 Å². The Morgan fingerprint density at radius 3 is 2.52 bits per heavy atom. The van der Waals surface area contributed by atoms with Gasteiger partial charge in [-0.3, -0.25) is 14.6 Å². The van der Waals surface area contributed by atoms with Crippen molar-refractivity contribution in [3.05, 3.63) is 65.7 Å². The second-order valence-corrected chi connectivity index (χ2v) is 7.16. The number of rotatable bonds is 4. The highest BCUT2D eigenvalue weighted by atomic mass is 32.1. The highest BCUT2D eigenvalue weighted by Gasteiger charge is 2.23. The van der Waals surface area contributed by atoms with Crippen LogP contribution in [-0.2, 0) is 0 Å². The summed E-state index contributed by atoms with van der Waals surface area (Å²) in [5.74, 6) is -0.0943. The lowest BCUT2D eigenvalue weighted by atomic mass is 10.2. The predicted molar refractivity (Wildman–Crippen MR) is 103 cm³/mol. The smallest absolute Gasteiger partial charge is 0.291 e. The van der Waals surface area contributed by atoms with Crippen LogP contribution in [0.2, 0.25) is 0 Å². The highest BCUT2D eigenvalue weighted by molar-refractivity contribution is 7.18. The van der Waals surface area contributed by atoms with Gasteiger partial charge in [-0.05, 0) is 36.4 Å². The first-order chi connectivity index (χ1) is 13.2. The van der Waals surface area contributed by atoms with Crippen LogP contribution in [0.3, 0.4) is 0 Å². The van der Waals surface area contributed by atoms with E-state index in [0.29, 0.717) is 23.0 Å². The van der Waals surface area contributed by atoms with Crippen LogP contribution in [0.4, 0.5) is 10.7 Å². The van der Waals surface area contributed by atoms with E-state index in [0.717, 1.165) is 18.8 Å². The van der Waals surface area contributed by atoms with E-state index >= 15 is 0 Å². The first-order valence-electron chi connectivity index (χ1n) is 8.59. The number of pyridine rings is 1. The van der Waals surface area contributed by atoms with Crippen LogP contribution >= 0.6 is 11.3 Å². The molecule has 0 bridgehead atoms. The summed E-state index contributed by atoms with van der Waals surface area (Å²) < 4.78 is 5.07. The standard InChI is InChI=1S/C19H18N4O3S/c24-18(15-2-1-13-26-15)21-17-4-3-16(27-17)19(25)23-11-9-22(10-12-23)14-5-7-20-8-6-14/h1-8,13H,9-12H2,(H,21,24). The highest BCUT2D eigenvalue weighted by Crippen LogP contribution is 2.25. The molecule has 8 heteroatoms. The van der Waals surface area contributed by atoms with Gasteiger partial charge in [0.25, 0.3) is 11.8 Å². The van der Waals surface area contributed by atoms with Crippen molar-refractivity contribution in [2.45, 2.75) is 0 Å². The Labute approximate surface area is 160 Å². The molecule has 0 aromatic carbocycles. The van der Waals surface area contributed by atoms with E-state index in [1.165, 1.54) is 17.6 Å². The van der Waals surface area contributed by atoms with Crippen LogP contribution in [-0.4, -0.2) is 47.9 Å². The van der Waals surface area contributed by atoms with Crippen LogP contribution in [0.5, 0.6) is 0 Å². The number of amides is 2. The quantitative estimate of drug-likeness (QED) is 0.751. The molecule has 3 aromatic heterocycles. The topological polar surface area (TPSA) is 78.7 Å². The Balaban J connectivity index is 1.35. The Hall–Kier alpha value is -3.13. The lowest BCUT2D eigenvalue weighted by Gasteiger charge is -2.35. The number of nitrogens with zero attached hydrogens (tertiary/aromatic N) is 3. The van der Waals surface area contributed by atoms with Gasteiger partial charge in [-0.1, -0.05) is 0 Å². The van der Waals surface area contributed by atoms with E-state index in [1.54, 1.807) is 36.7 Å². The maximum atomic E-state index is 12.7. The molecular weight excluding hydrogens is 364 g/mol. The minimum absolute atomic E-state index is 0.00660. The summed E-state index contributed by atoms with van der Waals surface area (Å²) >= 11 is 1.27. The van der Waals surface area contributed by atoms with E-state index in [4.69, 9.17) is 4.42 Å². The van der Waals surface area contributed by atoms with Crippen molar-refractivity contribution in [1.29, 1.82) is 0 Å². The zero-order valence-corrected chi connectivity index (χ0v) is 15.3. The van der Waals surface area contributed by atoms with Crippen LogP contribution in [0, 0.1) is 0 Å². The Morgan fingerprint density at radius 2 is 1.81 bits per heavy atom. The lowest BCUT2D eigenvalue weighted by molar-refractivity contribution is 0.0751. The molecule has 0 unspecified atom stereocenters. The molecule has 4 heterocycles. The molecule has 2 amide bonds. The summed E-state index contributed by atoms with van der Waals surface area (Å²) in [5.41, 5.74) is 1.12. The number of anilines is 2. The molecule has 1 fully saturated rings. The Morgan fingerprint density at radius 1 is 1.04 bits per heavy atom. The molecule has 0 aliphatic carbocycles. The molecule has 1 saturated heterocycles. The van der Waals surface area contributed by atoms with Gasteiger partial charge in [0, 0.05) is 44.3 Å². The Bertz CT molecular complexity index is 916. The van der Waals surface area contributed by atoms with Gasteiger partial charge in [-0.25, -0.2) is 0 Å². The summed E-state index contributed by atoms with van der Waals surface area (Å²) in [6, 6.07) is 10.7. The molecule has 27 heavy (non-hydrogen) atoms. The van der Waals surface area contributed by atoms with Crippen LogP contribution in [0.15, 0.2) is 59.5 Å². The molecule has 7 nitrogen and oxygen atoms in total. The molecule has 0 atom stereocenters. The van der Waals surface area contributed by atoms with E-state index in [9.17, 15) is 9.59 Å². The maximum absolute atomic E-state index is 12.7. The zero-order valence-electron chi connectivity index (χ0n) is 14.5. The number of aromatic nitrogens is 1. The number of carbonyl (C=O) groups is 2. The van der Waals surface area contributed by atoms with Crippen LogP contribution in [0.25, 0.3) is 0 Å². The number of nitrogens with one attached hydrogen (secondary N) is 1. The SMILES string of the molecule is O=C(Nc1ccc(C(=O)N2CCN(c3ccncc3)CC2)s1)c1ccco1. The van der Waals surface area contributed by atoms with Gasteiger partial charge in [0.1, 0.15) is 0 Å². The van der Waals surface area contributed by atoms with Gasteiger partial charge in [0.2, 0.25) is 0 Å². The van der Waals surface area contributed by atoms with Gasteiger partial charge >= 0.3 is 0 Å². The second kappa shape index (κ2) is 7.63. The lowest BCUT2D eigenvalue weighted by Crippen LogP contribution is -2.48. The molecule has 3 aromatic rings. The third-order valence-electron chi connectivity index (χ3n) is 4.39. The molecule has 0 radical (unpaired) electrons. The number of furan rings is 1. The van der Waals surface area contributed by atoms with Crippen molar-refractivity contribution in [2.24, 2.45) is 0 Å². The minimum Gasteiger partial charge on any atom is -0.459 e. The first-order valence-corrected chi connectivity index (χ1v) is 9.41. The van der Waals surface area contributed by atoms with E-state index in [-0.39, 0.29) is 17.6 Å². The largest absolute Gasteiger partial charge is 0.459 e. The minimum atomic E-state index is -0.327. The van der Waals surface area contributed by atoms with Crippen molar-refractivity contribution in [3.8, 4) is 0 Å². The number of thiophene rings is 1. The Kier molecular flexibility index (Phi) is 4.88. The summed E-state index contributed by atoms with van der Waals surface area (Å²) in [6.45, 7) is 2.88. The summed E-state index contributed by atoms with van der Waals surface area (Å²) in [7, 11) is 0. The molecule has 1 aliphatic heterocycles. The van der Waals surface area contributed by atoms with Crippen molar-refractivity contribution >= 4 is 33.8 Å². The number of carbonyl (C=O) groups excluding carboxylic acids is 2. The number of piperazine rings is 1. The van der Waals surface area contributed by atoms with Gasteiger partial charge in [-0.2, -0.15) is 0 Å². The van der Waals surface area contributed by atoms with Crippen LogP contribution < -0.4 is 10.2 Å². The van der Waals surface area contributed by atoms with Gasteiger partial charge in [-0.15, -0.1) is 11.3 Å². The van der Waals surface area contributed by atoms with Crippen LogP contribution in [0.1, 0.15) is 20.2 Å². The monoisotopic (exact) mass is 382 g/mol. The average molecular weight is 382 g/mol. The van der Waals surface area contributed by atoms with E-state index in [2.05, 4.69) is 15.2 Å². The molecule has 138 valence electrons. The van der Waals surface area contributed by atoms with Crippen molar-refractivity contribution in [3.63, 3.8) is 0 Å². The third-order valence-corrected chi connectivity index (χ3v) is 5.38. The predicted octanol–water partition coefficient (Wildman–Crippen LogP) is 2.95. The summed E-state index contributed by atoms with van der Waals surface area (Å²) in [6.07, 6.45) is 5.00. The van der Waals surface area contributed by atoms with E-state index < -0.39 is 0 Å². The fourth-order valence-electron chi connectivity index (χ4n) is 2.98. The number of hydrogen-bond acceptors (Lipinski definition) is 6. The molecule has 0 spiro atoms. The van der Waals surface area contributed by atoms with Crippen molar-refractivity contribution in [1.82, 2.24) is 9.88 Å². The van der Waals surface area contributed by atoms with Gasteiger partial charge < -0.3 is 19.5 Å². The van der Waals surface area contributed by atoms with Crippen molar-refractivity contribution in [2.75, 3.05) is 36.4 Å². The normalized spacial score (nSPS) is 14.2. The zero-order chi connectivity index (χ0) is 18.6. The molecular formula is C19H18N4O3S. The van der Waals surface area contributed by atoms with Crippen molar-refractivity contribution < 1.29 is 14.0 Å². The third kappa shape index (κ3) is 3.85. The maximum Gasteiger partial charge on any atom is 0.291 e. The second-order valence-electron chi connectivity index (χ2n) is 6.08. The summed E-state index contributed by atoms with van der Waals surface area (Å²) in [5, 5.41) is 3.37. The fourth-order valence-corrected chi connectivity index (χ4v) is 3.85. The molecule has 0 saturated carbocycles. The molecule has 1 aliphatic rings. The first kappa shape index (κ1) is 17.3. The molecule has 1 N–H and O–H groups in total. The van der Waals surface area contributed by atoms with Gasteiger partial charge in [0.05, 0.1) is 16.1 Å². The van der Waals surface area contributed by atoms with E-state index in [1.807, 2.05) is 17.0 Å². The number of hydrogen-bond donors (Lipinski definition) is 1.